The van der Waals surface area contributed by atoms with E-state index in [4.69, 9.17) is 9.84 Å². The number of hydrogen-bond donors (Lipinski definition) is 1. The lowest BCUT2D eigenvalue weighted by atomic mass is 9.99. The molecule has 0 aliphatic carbocycles. The molecule has 3 nitrogen and oxygen atoms in total. The van der Waals surface area contributed by atoms with Crippen LogP contribution in [0.2, 0.25) is 0 Å². The number of carbonyl (C=O) groups is 1. The van der Waals surface area contributed by atoms with Gasteiger partial charge in [-0.1, -0.05) is 23.3 Å². The van der Waals surface area contributed by atoms with Crippen molar-refractivity contribution in [3.8, 4) is 5.75 Å². The minimum Gasteiger partial charge on any atom is -0.496 e. The number of carboxylic acid groups (broad SMARTS) is 1. The topological polar surface area (TPSA) is 46.5 Å². The summed E-state index contributed by atoms with van der Waals surface area (Å²) in [6.45, 7) is 5.82. The molecule has 0 spiro atoms. The summed E-state index contributed by atoms with van der Waals surface area (Å²) >= 11 is 0. The smallest absolute Gasteiger partial charge is 0.328 e. The van der Waals surface area contributed by atoms with Crippen molar-refractivity contribution < 1.29 is 14.6 Å². The van der Waals surface area contributed by atoms with E-state index in [0.29, 0.717) is 6.42 Å². The lowest BCUT2D eigenvalue weighted by molar-refractivity contribution is -0.131. The Labute approximate surface area is 102 Å². The van der Waals surface area contributed by atoms with Gasteiger partial charge in [0.1, 0.15) is 5.75 Å². The molecule has 0 bridgehead atoms. The molecule has 0 atom stereocenters. The van der Waals surface area contributed by atoms with Gasteiger partial charge in [0.15, 0.2) is 0 Å². The van der Waals surface area contributed by atoms with Crippen molar-refractivity contribution in [1.82, 2.24) is 0 Å². The molecule has 1 rings (SSSR count). The molecule has 0 saturated carbocycles. The molecule has 0 aliphatic heterocycles. The third kappa shape index (κ3) is 3.63. The van der Waals surface area contributed by atoms with Crippen LogP contribution in [-0.2, 0) is 11.2 Å². The summed E-state index contributed by atoms with van der Waals surface area (Å²) in [7, 11) is 1.64. The first-order valence-corrected chi connectivity index (χ1v) is 5.48. The van der Waals surface area contributed by atoms with Gasteiger partial charge in [0.05, 0.1) is 7.11 Å². The Bertz CT molecular complexity index is 459. The number of hydrogen-bond acceptors (Lipinski definition) is 2. The molecule has 0 unspecified atom stereocenters. The summed E-state index contributed by atoms with van der Waals surface area (Å²) in [5.74, 6) is -0.0698. The highest BCUT2D eigenvalue weighted by Crippen LogP contribution is 2.27. The molecule has 0 radical (unpaired) electrons. The Balaban J connectivity index is 3.09. The lowest BCUT2D eigenvalue weighted by Gasteiger charge is -2.12. The molecular formula is C14H18O3. The van der Waals surface area contributed by atoms with Crippen molar-refractivity contribution in [1.29, 1.82) is 0 Å². The fourth-order valence-electron chi connectivity index (χ4n) is 2.03. The highest BCUT2D eigenvalue weighted by atomic mass is 16.5. The van der Waals surface area contributed by atoms with Gasteiger partial charge in [0.2, 0.25) is 0 Å². The first-order chi connectivity index (χ1) is 7.93. The molecule has 1 aromatic rings. The second-order valence-electron chi connectivity index (χ2n) is 4.28. The fraction of sp³-hybridized carbons (Fsp3) is 0.357. The molecule has 0 aromatic heterocycles. The third-order valence-corrected chi connectivity index (χ3v) is 2.54. The highest BCUT2D eigenvalue weighted by molar-refractivity contribution is 5.80. The molecule has 92 valence electrons. The lowest BCUT2D eigenvalue weighted by Crippen LogP contribution is -1.99. The van der Waals surface area contributed by atoms with Crippen LogP contribution in [0.4, 0.5) is 0 Å². The zero-order valence-corrected chi connectivity index (χ0v) is 10.7. The van der Waals surface area contributed by atoms with E-state index in [1.807, 2.05) is 26.8 Å². The van der Waals surface area contributed by atoms with Gasteiger partial charge in [-0.05, 0) is 38.3 Å². The van der Waals surface area contributed by atoms with Crippen LogP contribution >= 0.6 is 0 Å². The van der Waals surface area contributed by atoms with Gasteiger partial charge < -0.3 is 9.84 Å². The zero-order valence-electron chi connectivity index (χ0n) is 10.7. The van der Waals surface area contributed by atoms with Gasteiger partial charge in [0, 0.05) is 6.08 Å². The Morgan fingerprint density at radius 1 is 1.41 bits per heavy atom. The van der Waals surface area contributed by atoms with Crippen molar-refractivity contribution in [3.05, 3.63) is 40.5 Å². The summed E-state index contributed by atoms with van der Waals surface area (Å²) in [6.07, 6.45) is 1.83. The van der Waals surface area contributed by atoms with E-state index in [1.54, 1.807) is 7.11 Å². The molecular weight excluding hydrogens is 216 g/mol. The van der Waals surface area contributed by atoms with E-state index in [2.05, 4.69) is 6.07 Å². The number of aryl methyl sites for hydroxylation is 2. The number of rotatable bonds is 4. The molecule has 0 saturated heterocycles. The number of methoxy groups -OCH3 is 1. The maximum atomic E-state index is 10.6. The Morgan fingerprint density at radius 2 is 2.06 bits per heavy atom. The largest absolute Gasteiger partial charge is 0.496 e. The summed E-state index contributed by atoms with van der Waals surface area (Å²) in [4.78, 5) is 10.6. The molecule has 1 N–H and O–H groups in total. The zero-order chi connectivity index (χ0) is 13.0. The van der Waals surface area contributed by atoms with Crippen LogP contribution in [0.1, 0.15) is 23.6 Å². The van der Waals surface area contributed by atoms with Crippen LogP contribution in [0.15, 0.2) is 23.8 Å². The summed E-state index contributed by atoms with van der Waals surface area (Å²) in [6, 6.07) is 4.09. The second-order valence-corrected chi connectivity index (χ2v) is 4.28. The van der Waals surface area contributed by atoms with E-state index in [0.717, 1.165) is 28.0 Å². The maximum Gasteiger partial charge on any atom is 0.328 e. The molecule has 0 aliphatic rings. The van der Waals surface area contributed by atoms with Crippen molar-refractivity contribution >= 4 is 5.97 Å². The van der Waals surface area contributed by atoms with Gasteiger partial charge in [-0.15, -0.1) is 0 Å². The third-order valence-electron chi connectivity index (χ3n) is 2.54. The van der Waals surface area contributed by atoms with E-state index < -0.39 is 5.97 Å². The average molecular weight is 234 g/mol. The number of benzene rings is 1. The van der Waals surface area contributed by atoms with Crippen LogP contribution < -0.4 is 4.74 Å². The molecule has 1 aromatic carbocycles. The van der Waals surface area contributed by atoms with Crippen LogP contribution in [-0.4, -0.2) is 18.2 Å². The number of carboxylic acids is 1. The van der Waals surface area contributed by atoms with E-state index >= 15 is 0 Å². The number of allylic oxidation sites excluding steroid dienone is 1. The SMILES string of the molecule is COc1c(C)cc(C)cc1CC(C)=CC(=O)O. The number of ether oxygens (including phenoxy) is 1. The maximum absolute atomic E-state index is 10.6. The van der Waals surface area contributed by atoms with Gasteiger partial charge in [-0.3, -0.25) is 0 Å². The van der Waals surface area contributed by atoms with Crippen LogP contribution in [0.25, 0.3) is 0 Å². The van der Waals surface area contributed by atoms with E-state index in [9.17, 15) is 4.79 Å². The average Bonchev–Trinajstić information content (AvgIpc) is 2.15. The van der Waals surface area contributed by atoms with Crippen LogP contribution in [0, 0.1) is 13.8 Å². The van der Waals surface area contributed by atoms with Crippen molar-refractivity contribution in [2.24, 2.45) is 0 Å². The van der Waals surface area contributed by atoms with Gasteiger partial charge >= 0.3 is 5.97 Å². The Morgan fingerprint density at radius 3 is 2.59 bits per heavy atom. The Kier molecular flexibility index (Phi) is 4.32. The molecule has 0 amide bonds. The summed E-state index contributed by atoms with van der Waals surface area (Å²) in [5, 5.41) is 8.69. The first-order valence-electron chi connectivity index (χ1n) is 5.48. The molecule has 17 heavy (non-hydrogen) atoms. The summed E-state index contributed by atoms with van der Waals surface area (Å²) < 4.78 is 5.36. The van der Waals surface area contributed by atoms with Gasteiger partial charge in [-0.2, -0.15) is 0 Å². The minimum absolute atomic E-state index is 0.595. The first kappa shape index (κ1) is 13.3. The monoisotopic (exact) mass is 234 g/mol. The number of aliphatic carboxylic acids is 1. The van der Waals surface area contributed by atoms with Crippen LogP contribution in [0.3, 0.4) is 0 Å². The molecule has 3 heteroatoms. The standard InChI is InChI=1S/C14H18O3/c1-9-5-11(3)14(17-4)12(6-9)7-10(2)8-13(15)16/h5-6,8H,7H2,1-4H3,(H,15,16). The van der Waals surface area contributed by atoms with Crippen molar-refractivity contribution in [3.63, 3.8) is 0 Å². The Hall–Kier alpha value is -1.77. The van der Waals surface area contributed by atoms with Crippen LogP contribution in [0.5, 0.6) is 5.75 Å². The minimum atomic E-state index is -0.911. The van der Waals surface area contributed by atoms with E-state index in [-0.39, 0.29) is 0 Å². The van der Waals surface area contributed by atoms with Gasteiger partial charge in [-0.25, -0.2) is 4.79 Å². The van der Waals surface area contributed by atoms with Gasteiger partial charge in [0.25, 0.3) is 0 Å². The fourth-order valence-corrected chi connectivity index (χ4v) is 2.03. The normalized spacial score (nSPS) is 11.4. The van der Waals surface area contributed by atoms with Crippen molar-refractivity contribution in [2.75, 3.05) is 7.11 Å². The second kappa shape index (κ2) is 5.53. The summed E-state index contributed by atoms with van der Waals surface area (Å²) in [5.41, 5.74) is 4.06. The predicted octanol–water partition coefficient (Wildman–Crippen LogP) is 2.89. The highest BCUT2D eigenvalue weighted by Gasteiger charge is 2.08. The quantitative estimate of drug-likeness (QED) is 0.815. The van der Waals surface area contributed by atoms with Crippen molar-refractivity contribution in [2.45, 2.75) is 27.2 Å². The van der Waals surface area contributed by atoms with E-state index in [1.165, 1.54) is 6.08 Å². The predicted molar refractivity (Wildman–Crippen MR) is 67.6 cm³/mol. The molecule has 0 fully saturated rings. The molecule has 0 heterocycles.